The SMILES string of the molecule is C=Cc1ccc(CN(C)Cc2nc(NCCCNC)c3ccccc3n2)cc1/C=C\C.CC. The number of benzene rings is 2. The molecule has 0 atom stereocenters. The van der Waals surface area contributed by atoms with Gasteiger partial charge in [0.2, 0.25) is 0 Å². The molecule has 0 fully saturated rings. The molecule has 0 amide bonds. The maximum Gasteiger partial charge on any atom is 0.145 e. The van der Waals surface area contributed by atoms with E-state index in [0.717, 1.165) is 54.2 Å². The van der Waals surface area contributed by atoms with E-state index in [-0.39, 0.29) is 0 Å². The quantitative estimate of drug-likeness (QED) is 0.355. The highest BCUT2D eigenvalue weighted by atomic mass is 15.1. The predicted octanol–water partition coefficient (Wildman–Crippen LogP) is 5.99. The van der Waals surface area contributed by atoms with Crippen molar-refractivity contribution in [1.82, 2.24) is 20.2 Å². The Hall–Kier alpha value is -3.02. The Kier molecular flexibility index (Phi) is 11.3. The number of rotatable bonds is 11. The first kappa shape index (κ1) is 26.2. The van der Waals surface area contributed by atoms with Crippen molar-refractivity contribution in [3.05, 3.63) is 77.6 Å². The summed E-state index contributed by atoms with van der Waals surface area (Å²) in [5, 5.41) is 7.74. The van der Waals surface area contributed by atoms with Gasteiger partial charge in [-0.1, -0.05) is 62.9 Å². The highest BCUT2D eigenvalue weighted by molar-refractivity contribution is 5.88. The summed E-state index contributed by atoms with van der Waals surface area (Å²) in [5.41, 5.74) is 4.57. The summed E-state index contributed by atoms with van der Waals surface area (Å²) in [6.07, 6.45) is 7.12. The highest BCUT2D eigenvalue weighted by Gasteiger charge is 2.10. The van der Waals surface area contributed by atoms with Gasteiger partial charge in [-0.2, -0.15) is 0 Å². The van der Waals surface area contributed by atoms with Gasteiger partial charge in [0.1, 0.15) is 11.6 Å². The number of allylic oxidation sites excluding steroid dienone is 1. The zero-order chi connectivity index (χ0) is 24.1. The van der Waals surface area contributed by atoms with Crippen LogP contribution in [-0.2, 0) is 13.1 Å². The third-order valence-corrected chi connectivity index (χ3v) is 5.13. The molecule has 0 radical (unpaired) electrons. The minimum absolute atomic E-state index is 0.679. The molecule has 1 heterocycles. The molecule has 0 saturated carbocycles. The van der Waals surface area contributed by atoms with E-state index in [4.69, 9.17) is 9.97 Å². The molecule has 33 heavy (non-hydrogen) atoms. The van der Waals surface area contributed by atoms with Crippen LogP contribution < -0.4 is 10.6 Å². The van der Waals surface area contributed by atoms with Crippen LogP contribution in [0.2, 0.25) is 0 Å². The van der Waals surface area contributed by atoms with Crippen molar-refractivity contribution < 1.29 is 0 Å². The lowest BCUT2D eigenvalue weighted by molar-refractivity contribution is 0.311. The summed E-state index contributed by atoms with van der Waals surface area (Å²) in [5.74, 6) is 1.74. The van der Waals surface area contributed by atoms with Crippen LogP contribution in [0, 0.1) is 0 Å². The molecule has 1 aromatic heterocycles. The topological polar surface area (TPSA) is 53.1 Å². The molecule has 0 bridgehead atoms. The fourth-order valence-electron chi connectivity index (χ4n) is 3.64. The molecule has 3 rings (SSSR count). The van der Waals surface area contributed by atoms with Crippen molar-refractivity contribution in [2.45, 2.75) is 40.3 Å². The molecular formula is C28H39N5. The van der Waals surface area contributed by atoms with E-state index in [1.165, 1.54) is 11.1 Å². The lowest BCUT2D eigenvalue weighted by Gasteiger charge is -2.18. The smallest absolute Gasteiger partial charge is 0.145 e. The first-order valence-corrected chi connectivity index (χ1v) is 11.8. The molecule has 176 valence electrons. The summed E-state index contributed by atoms with van der Waals surface area (Å²) < 4.78 is 0. The molecule has 0 unspecified atom stereocenters. The summed E-state index contributed by atoms with van der Waals surface area (Å²) >= 11 is 0. The zero-order valence-electron chi connectivity index (χ0n) is 20.9. The minimum Gasteiger partial charge on any atom is -0.369 e. The normalized spacial score (nSPS) is 11.0. The summed E-state index contributed by atoms with van der Waals surface area (Å²) in [6.45, 7) is 13.3. The van der Waals surface area contributed by atoms with Gasteiger partial charge in [-0.25, -0.2) is 9.97 Å². The molecule has 5 nitrogen and oxygen atoms in total. The third kappa shape index (κ3) is 7.81. The number of fused-ring (bicyclic) bond motifs is 1. The second kappa shape index (κ2) is 14.2. The van der Waals surface area contributed by atoms with Crippen LogP contribution in [-0.4, -0.2) is 42.1 Å². The van der Waals surface area contributed by atoms with Gasteiger partial charge in [-0.15, -0.1) is 0 Å². The second-order valence-corrected chi connectivity index (χ2v) is 7.73. The van der Waals surface area contributed by atoms with Gasteiger partial charge in [0.15, 0.2) is 0 Å². The molecule has 0 saturated heterocycles. The van der Waals surface area contributed by atoms with Crippen LogP contribution in [0.15, 0.2) is 55.1 Å². The molecule has 3 aromatic rings. The van der Waals surface area contributed by atoms with E-state index in [1.54, 1.807) is 0 Å². The number of para-hydroxylation sites is 1. The van der Waals surface area contributed by atoms with E-state index in [2.05, 4.69) is 71.6 Å². The van der Waals surface area contributed by atoms with Gasteiger partial charge >= 0.3 is 0 Å². The average Bonchev–Trinajstić information content (AvgIpc) is 2.83. The number of hydrogen-bond donors (Lipinski definition) is 2. The van der Waals surface area contributed by atoms with E-state index < -0.39 is 0 Å². The van der Waals surface area contributed by atoms with Crippen LogP contribution in [0.3, 0.4) is 0 Å². The van der Waals surface area contributed by atoms with Gasteiger partial charge in [0.25, 0.3) is 0 Å². The monoisotopic (exact) mass is 445 g/mol. The first-order valence-electron chi connectivity index (χ1n) is 11.8. The van der Waals surface area contributed by atoms with E-state index in [0.29, 0.717) is 6.54 Å². The molecule has 0 spiro atoms. The Labute approximate surface area is 199 Å². The Morgan fingerprint density at radius 3 is 2.52 bits per heavy atom. The van der Waals surface area contributed by atoms with Crippen molar-refractivity contribution in [2.24, 2.45) is 0 Å². The Morgan fingerprint density at radius 1 is 1.00 bits per heavy atom. The molecule has 0 aliphatic carbocycles. The summed E-state index contributed by atoms with van der Waals surface area (Å²) in [4.78, 5) is 11.9. The zero-order valence-corrected chi connectivity index (χ0v) is 20.9. The van der Waals surface area contributed by atoms with Crippen LogP contribution in [0.1, 0.15) is 49.7 Å². The Balaban J connectivity index is 0.00000187. The standard InChI is InChI=1S/C26H33N5.C2H6/c1-5-10-22-17-20(13-14-21(22)6-2)18-31(4)19-25-29-24-12-8-7-11-23(24)26(30-25)28-16-9-15-27-3;1-2/h5-8,10-14,17,27H,2,9,15-16,18-19H2,1,3-4H3,(H,28,29,30);1-2H3/b10-5-;. The predicted molar refractivity (Wildman–Crippen MR) is 144 cm³/mol. The van der Waals surface area contributed by atoms with E-state index >= 15 is 0 Å². The van der Waals surface area contributed by atoms with Crippen LogP contribution >= 0.6 is 0 Å². The van der Waals surface area contributed by atoms with Gasteiger partial charge in [-0.05, 0) is 68.9 Å². The number of hydrogen-bond acceptors (Lipinski definition) is 5. The van der Waals surface area contributed by atoms with E-state index in [9.17, 15) is 0 Å². The van der Waals surface area contributed by atoms with E-state index in [1.807, 2.05) is 46.0 Å². The fourth-order valence-corrected chi connectivity index (χ4v) is 3.64. The molecule has 0 aliphatic rings. The van der Waals surface area contributed by atoms with Crippen molar-refractivity contribution in [2.75, 3.05) is 32.5 Å². The maximum absolute atomic E-state index is 4.85. The van der Waals surface area contributed by atoms with Crippen LogP contribution in [0.25, 0.3) is 23.1 Å². The largest absolute Gasteiger partial charge is 0.369 e. The van der Waals surface area contributed by atoms with Crippen LogP contribution in [0.4, 0.5) is 5.82 Å². The average molecular weight is 446 g/mol. The van der Waals surface area contributed by atoms with Gasteiger partial charge in [0.05, 0.1) is 12.1 Å². The molecule has 2 N–H and O–H groups in total. The van der Waals surface area contributed by atoms with Crippen molar-refractivity contribution in [1.29, 1.82) is 0 Å². The fraction of sp³-hybridized carbons (Fsp3) is 0.357. The number of nitrogens with one attached hydrogen (secondary N) is 2. The number of anilines is 1. The molecule has 0 aliphatic heterocycles. The van der Waals surface area contributed by atoms with Gasteiger partial charge in [-0.3, -0.25) is 4.90 Å². The number of nitrogens with zero attached hydrogens (tertiary/aromatic N) is 3. The lowest BCUT2D eigenvalue weighted by Crippen LogP contribution is -2.20. The Morgan fingerprint density at radius 2 is 1.79 bits per heavy atom. The van der Waals surface area contributed by atoms with Crippen LogP contribution in [0.5, 0.6) is 0 Å². The second-order valence-electron chi connectivity index (χ2n) is 7.73. The molecule has 2 aromatic carbocycles. The summed E-state index contributed by atoms with van der Waals surface area (Å²) in [7, 11) is 4.08. The Bertz CT molecular complexity index is 1040. The minimum atomic E-state index is 0.679. The van der Waals surface area contributed by atoms with Gasteiger partial charge in [0, 0.05) is 18.5 Å². The van der Waals surface area contributed by atoms with Gasteiger partial charge < -0.3 is 10.6 Å². The third-order valence-electron chi connectivity index (χ3n) is 5.13. The first-order chi connectivity index (χ1) is 16.1. The maximum atomic E-state index is 4.85. The lowest BCUT2D eigenvalue weighted by atomic mass is 10.0. The molecular weight excluding hydrogens is 406 g/mol. The number of aromatic nitrogens is 2. The van der Waals surface area contributed by atoms with Crippen molar-refractivity contribution >= 4 is 28.9 Å². The molecule has 5 heteroatoms. The van der Waals surface area contributed by atoms with Crippen molar-refractivity contribution in [3.63, 3.8) is 0 Å². The van der Waals surface area contributed by atoms with Crippen molar-refractivity contribution in [3.8, 4) is 0 Å². The summed E-state index contributed by atoms with van der Waals surface area (Å²) in [6, 6.07) is 14.7. The highest BCUT2D eigenvalue weighted by Crippen LogP contribution is 2.21.